The van der Waals surface area contributed by atoms with E-state index >= 15 is 0 Å². The Labute approximate surface area is 138 Å². The summed E-state index contributed by atoms with van der Waals surface area (Å²) in [6, 6.07) is 0.331. The minimum absolute atomic E-state index is 0.331. The van der Waals surface area contributed by atoms with E-state index in [1.165, 1.54) is 12.8 Å². The molecule has 126 valence electrons. The lowest BCUT2D eigenvalue weighted by Gasteiger charge is -2.32. The molecule has 4 rings (SSSR count). The Morgan fingerprint density at radius 1 is 0.957 bits per heavy atom. The summed E-state index contributed by atoms with van der Waals surface area (Å²) < 4.78 is 17.9. The van der Waals surface area contributed by atoms with Crippen molar-refractivity contribution in [1.29, 1.82) is 0 Å². The van der Waals surface area contributed by atoms with Crippen LogP contribution in [0.5, 0.6) is 0 Å². The third kappa shape index (κ3) is 2.73. The van der Waals surface area contributed by atoms with Crippen LogP contribution in [0.1, 0.15) is 71.0 Å². The average molecular weight is 319 g/mol. The van der Waals surface area contributed by atoms with Gasteiger partial charge >= 0.3 is 7.12 Å². The van der Waals surface area contributed by atoms with E-state index in [0.717, 1.165) is 37.3 Å². The van der Waals surface area contributed by atoms with E-state index in [1.54, 1.807) is 0 Å². The van der Waals surface area contributed by atoms with Crippen molar-refractivity contribution < 1.29 is 14.0 Å². The van der Waals surface area contributed by atoms with E-state index in [2.05, 4.69) is 27.7 Å². The first-order chi connectivity index (χ1) is 10.9. The van der Waals surface area contributed by atoms with Gasteiger partial charge in [0.05, 0.1) is 22.9 Å². The zero-order chi connectivity index (χ0) is 16.2. The minimum atomic E-state index is -0.413. The zero-order valence-electron chi connectivity index (χ0n) is 14.5. The lowest BCUT2D eigenvalue weighted by Crippen LogP contribution is -2.41. The van der Waals surface area contributed by atoms with Gasteiger partial charge in [-0.15, -0.1) is 0 Å². The predicted molar refractivity (Wildman–Crippen MR) is 86.8 cm³/mol. The van der Waals surface area contributed by atoms with Gasteiger partial charge in [-0.2, -0.15) is 15.0 Å². The number of hydrogen-bond acceptors (Lipinski definition) is 5. The summed E-state index contributed by atoms with van der Waals surface area (Å²) in [5.41, 5.74) is 1.27. The molecular weight excluding hydrogens is 293 g/mol. The first-order valence-corrected chi connectivity index (χ1v) is 8.77. The molecule has 3 fully saturated rings. The van der Waals surface area contributed by atoms with Crippen molar-refractivity contribution in [3.05, 3.63) is 5.69 Å². The summed E-state index contributed by atoms with van der Waals surface area (Å²) in [4.78, 5) is 1.90. The third-order valence-corrected chi connectivity index (χ3v) is 5.64. The maximum atomic E-state index is 6.21. The highest BCUT2D eigenvalue weighted by Gasteiger charge is 2.54. The Hall–Kier alpha value is -0.915. The van der Waals surface area contributed by atoms with E-state index in [4.69, 9.17) is 24.2 Å². The van der Waals surface area contributed by atoms with Gasteiger partial charge in [0, 0.05) is 19.1 Å². The van der Waals surface area contributed by atoms with Crippen molar-refractivity contribution in [2.45, 2.75) is 76.5 Å². The monoisotopic (exact) mass is 319 g/mol. The quantitative estimate of drug-likeness (QED) is 0.795. The summed E-state index contributed by atoms with van der Waals surface area (Å²) in [6.45, 7) is 9.88. The van der Waals surface area contributed by atoms with Crippen LogP contribution in [0.15, 0.2) is 0 Å². The van der Waals surface area contributed by atoms with Crippen LogP contribution in [0, 0.1) is 0 Å². The van der Waals surface area contributed by atoms with Crippen molar-refractivity contribution in [1.82, 2.24) is 15.0 Å². The van der Waals surface area contributed by atoms with Crippen LogP contribution in [0.2, 0.25) is 0 Å². The molecule has 1 aliphatic carbocycles. The van der Waals surface area contributed by atoms with E-state index in [9.17, 15) is 0 Å². The second-order valence-corrected chi connectivity index (χ2v) is 8.00. The molecule has 0 spiro atoms. The van der Waals surface area contributed by atoms with Crippen molar-refractivity contribution >= 4 is 12.7 Å². The number of aromatic nitrogens is 3. The van der Waals surface area contributed by atoms with Crippen LogP contribution in [-0.4, -0.2) is 46.5 Å². The molecule has 1 saturated carbocycles. The molecule has 2 aliphatic heterocycles. The van der Waals surface area contributed by atoms with E-state index in [0.29, 0.717) is 12.0 Å². The molecule has 0 amide bonds. The van der Waals surface area contributed by atoms with Gasteiger partial charge in [-0.05, 0) is 53.4 Å². The summed E-state index contributed by atoms with van der Waals surface area (Å²) in [6.07, 6.45) is 4.33. The van der Waals surface area contributed by atoms with E-state index < -0.39 is 7.12 Å². The highest BCUT2D eigenvalue weighted by Crippen LogP contribution is 2.41. The summed E-state index contributed by atoms with van der Waals surface area (Å²) >= 11 is 0. The van der Waals surface area contributed by atoms with Crippen LogP contribution in [0.3, 0.4) is 0 Å². The molecular formula is C16H26BN3O3. The maximum Gasteiger partial charge on any atom is 0.518 e. The molecule has 7 heteroatoms. The fraction of sp³-hybridized carbons (Fsp3) is 0.875. The zero-order valence-corrected chi connectivity index (χ0v) is 14.5. The summed E-state index contributed by atoms with van der Waals surface area (Å²) in [7, 11) is -0.413. The smallest absolute Gasteiger partial charge is 0.398 e. The third-order valence-electron chi connectivity index (χ3n) is 5.64. The molecule has 3 aliphatic rings. The maximum absolute atomic E-state index is 6.21. The fourth-order valence-electron chi connectivity index (χ4n) is 3.20. The summed E-state index contributed by atoms with van der Waals surface area (Å²) in [5, 5.41) is 9.63. The van der Waals surface area contributed by atoms with Crippen molar-refractivity contribution in [2.75, 3.05) is 13.2 Å². The molecule has 0 bridgehead atoms. The molecule has 1 aromatic rings. The van der Waals surface area contributed by atoms with Crippen LogP contribution >= 0.6 is 0 Å². The number of hydrogen-bond donors (Lipinski definition) is 0. The van der Waals surface area contributed by atoms with Crippen molar-refractivity contribution in [3.8, 4) is 0 Å². The van der Waals surface area contributed by atoms with Gasteiger partial charge in [0.1, 0.15) is 5.59 Å². The first kappa shape index (κ1) is 15.6. The van der Waals surface area contributed by atoms with Gasteiger partial charge in [-0.3, -0.25) is 0 Å². The Balaban J connectivity index is 1.64. The van der Waals surface area contributed by atoms with E-state index in [-0.39, 0.29) is 11.2 Å². The Morgan fingerprint density at radius 2 is 1.57 bits per heavy atom. The molecule has 6 nitrogen and oxygen atoms in total. The Kier molecular flexibility index (Phi) is 3.59. The van der Waals surface area contributed by atoms with Crippen molar-refractivity contribution in [2.24, 2.45) is 0 Å². The normalized spacial score (nSPS) is 27.6. The largest absolute Gasteiger partial charge is 0.518 e. The molecule has 2 saturated heterocycles. The first-order valence-electron chi connectivity index (χ1n) is 8.77. The topological polar surface area (TPSA) is 58.4 Å². The van der Waals surface area contributed by atoms with Gasteiger partial charge in [0.25, 0.3) is 0 Å². The highest BCUT2D eigenvalue weighted by atomic mass is 16.7. The van der Waals surface area contributed by atoms with Crippen LogP contribution < -0.4 is 5.59 Å². The van der Waals surface area contributed by atoms with Gasteiger partial charge < -0.3 is 14.0 Å². The van der Waals surface area contributed by atoms with E-state index in [1.807, 2.05) is 4.80 Å². The lowest BCUT2D eigenvalue weighted by molar-refractivity contribution is 0.00578. The molecule has 3 heterocycles. The van der Waals surface area contributed by atoms with Gasteiger partial charge in [-0.25, -0.2) is 0 Å². The minimum Gasteiger partial charge on any atom is -0.398 e. The molecule has 0 radical (unpaired) electrons. The van der Waals surface area contributed by atoms with Gasteiger partial charge in [-0.1, -0.05) is 0 Å². The van der Waals surface area contributed by atoms with Crippen molar-refractivity contribution in [3.63, 3.8) is 0 Å². The van der Waals surface area contributed by atoms with Crippen LogP contribution in [0.4, 0.5) is 0 Å². The number of nitrogens with zero attached hydrogens (tertiary/aromatic N) is 3. The molecule has 0 N–H and O–H groups in total. The molecule has 1 aromatic heterocycles. The average Bonchev–Trinajstić information content (AvgIpc) is 3.20. The second kappa shape index (κ2) is 5.29. The van der Waals surface area contributed by atoms with Gasteiger partial charge in [0.2, 0.25) is 0 Å². The summed E-state index contributed by atoms with van der Waals surface area (Å²) in [5.74, 6) is 0.526. The van der Waals surface area contributed by atoms with Crippen LogP contribution in [-0.2, 0) is 14.0 Å². The Morgan fingerprint density at radius 3 is 2.13 bits per heavy atom. The molecule has 0 unspecified atom stereocenters. The predicted octanol–water partition coefficient (Wildman–Crippen LogP) is 1.81. The molecule has 0 aromatic carbocycles. The standard InChI is InChI=1S/C16H26BN3O3/c1-15(2)16(3,4)23-17(22-15)14-13(11-5-6-11)18-20(19-14)12-7-9-21-10-8-12/h11-12H,5-10H2,1-4H3. The number of rotatable bonds is 3. The highest BCUT2D eigenvalue weighted by molar-refractivity contribution is 6.61. The second-order valence-electron chi connectivity index (χ2n) is 8.00. The SMILES string of the molecule is CC1(C)OB(c2nn(C3CCOCC3)nc2C2CC2)OC1(C)C. The fourth-order valence-corrected chi connectivity index (χ4v) is 3.20. The number of ether oxygens (including phenoxy) is 1. The van der Waals surface area contributed by atoms with Crippen LogP contribution in [0.25, 0.3) is 0 Å². The Bertz CT molecular complexity index is 575. The molecule has 23 heavy (non-hydrogen) atoms. The van der Waals surface area contributed by atoms with Gasteiger partial charge in [0.15, 0.2) is 0 Å². The lowest BCUT2D eigenvalue weighted by atomic mass is 9.82. The molecule has 0 atom stereocenters.